The van der Waals surface area contributed by atoms with Crippen LogP contribution in [0.25, 0.3) is 0 Å². The van der Waals surface area contributed by atoms with E-state index in [1.54, 1.807) is 4.90 Å². The minimum absolute atomic E-state index is 0. The maximum Gasteiger partial charge on any atom is 0.255 e. The second-order valence-electron chi connectivity index (χ2n) is 8.44. The molecule has 0 aromatic heterocycles. The molecule has 1 unspecified atom stereocenters. The Morgan fingerprint density at radius 3 is 2.69 bits per heavy atom. The summed E-state index contributed by atoms with van der Waals surface area (Å²) < 4.78 is 0. The van der Waals surface area contributed by atoms with Crippen LogP contribution in [0.4, 0.5) is 0 Å². The first-order valence-corrected chi connectivity index (χ1v) is 10.9. The van der Waals surface area contributed by atoms with E-state index in [4.69, 9.17) is 17.0 Å². The molecule has 2 aromatic carbocycles. The van der Waals surface area contributed by atoms with Gasteiger partial charge >= 0.3 is 0 Å². The second kappa shape index (κ2) is 9.88. The Morgan fingerprint density at radius 1 is 1.22 bits per heavy atom. The molecule has 4 rings (SSSR count). The SMILES string of the molecule is C=C1CCC(N2Cc3cc(CCC(=N)Cc4ccc(C)c(Cl)c4)ccc3C2=O)C(=O)N1.Cl. The van der Waals surface area contributed by atoms with Gasteiger partial charge in [0.15, 0.2) is 0 Å². The van der Waals surface area contributed by atoms with Crippen molar-refractivity contribution in [1.29, 1.82) is 5.41 Å². The normalized spacial score (nSPS) is 17.6. The van der Waals surface area contributed by atoms with Crippen molar-refractivity contribution in [2.75, 3.05) is 0 Å². The van der Waals surface area contributed by atoms with E-state index in [9.17, 15) is 9.59 Å². The number of halogens is 2. The summed E-state index contributed by atoms with van der Waals surface area (Å²) in [6.45, 7) is 6.22. The van der Waals surface area contributed by atoms with Gasteiger partial charge in [-0.1, -0.05) is 42.4 Å². The molecular weight excluding hydrogens is 445 g/mol. The Balaban J connectivity index is 0.00000289. The predicted octanol–water partition coefficient (Wildman–Crippen LogP) is 5.01. The Labute approximate surface area is 199 Å². The molecule has 168 valence electrons. The van der Waals surface area contributed by atoms with Gasteiger partial charge in [0.25, 0.3) is 5.91 Å². The van der Waals surface area contributed by atoms with E-state index < -0.39 is 6.04 Å². The van der Waals surface area contributed by atoms with Crippen LogP contribution in [0.15, 0.2) is 48.7 Å². The van der Waals surface area contributed by atoms with Crippen molar-refractivity contribution < 1.29 is 9.59 Å². The molecule has 1 atom stereocenters. The number of nitrogens with one attached hydrogen (secondary N) is 2. The van der Waals surface area contributed by atoms with Crippen molar-refractivity contribution in [3.63, 3.8) is 0 Å². The van der Waals surface area contributed by atoms with Crippen molar-refractivity contribution >= 4 is 41.5 Å². The molecule has 1 fully saturated rings. The minimum Gasteiger partial charge on any atom is -0.329 e. The van der Waals surface area contributed by atoms with Gasteiger partial charge in [0, 0.05) is 35.0 Å². The fourth-order valence-corrected chi connectivity index (χ4v) is 4.44. The highest BCUT2D eigenvalue weighted by molar-refractivity contribution is 6.31. The van der Waals surface area contributed by atoms with E-state index in [1.165, 1.54) is 0 Å². The lowest BCUT2D eigenvalue weighted by molar-refractivity contribution is -0.126. The summed E-state index contributed by atoms with van der Waals surface area (Å²) in [6.07, 6.45) is 3.27. The summed E-state index contributed by atoms with van der Waals surface area (Å²) in [5.41, 5.74) is 6.17. The second-order valence-corrected chi connectivity index (χ2v) is 8.84. The molecule has 2 aliphatic rings. The Hall–Kier alpha value is -2.63. The number of amides is 2. The highest BCUT2D eigenvalue weighted by Crippen LogP contribution is 2.29. The lowest BCUT2D eigenvalue weighted by Gasteiger charge is -2.30. The van der Waals surface area contributed by atoms with Crippen LogP contribution in [0.1, 0.15) is 51.9 Å². The Kier molecular flexibility index (Phi) is 7.42. The molecule has 2 amide bonds. The number of carbonyl (C=O) groups is 2. The number of rotatable bonds is 6. The first kappa shape index (κ1) is 24.0. The number of allylic oxidation sites excluding steroid dienone is 1. The van der Waals surface area contributed by atoms with Crippen molar-refractivity contribution in [2.24, 2.45) is 0 Å². The van der Waals surface area contributed by atoms with E-state index in [1.807, 2.05) is 43.3 Å². The Bertz CT molecular complexity index is 1100. The number of hydrogen-bond donors (Lipinski definition) is 2. The fourth-order valence-electron chi connectivity index (χ4n) is 4.24. The fraction of sp³-hybridized carbons (Fsp3) is 0.320. The molecule has 7 heteroatoms. The molecule has 2 heterocycles. The third kappa shape index (κ3) is 5.05. The highest BCUT2D eigenvalue weighted by Gasteiger charge is 2.38. The molecule has 2 aliphatic heterocycles. The third-order valence-electron chi connectivity index (χ3n) is 6.07. The van der Waals surface area contributed by atoms with Crippen LogP contribution in [-0.2, 0) is 24.2 Å². The number of carbonyl (C=O) groups excluding carboxylic acids is 2. The minimum atomic E-state index is -0.441. The molecule has 32 heavy (non-hydrogen) atoms. The molecule has 2 aromatic rings. The summed E-state index contributed by atoms with van der Waals surface area (Å²) in [7, 11) is 0. The van der Waals surface area contributed by atoms with Crippen LogP contribution < -0.4 is 5.32 Å². The molecule has 0 saturated carbocycles. The van der Waals surface area contributed by atoms with Crippen LogP contribution >= 0.6 is 24.0 Å². The zero-order valence-electron chi connectivity index (χ0n) is 18.0. The van der Waals surface area contributed by atoms with Crippen LogP contribution in [0, 0.1) is 12.3 Å². The maximum atomic E-state index is 12.8. The monoisotopic (exact) mass is 471 g/mol. The topological polar surface area (TPSA) is 73.3 Å². The number of fused-ring (bicyclic) bond motifs is 1. The third-order valence-corrected chi connectivity index (χ3v) is 6.48. The largest absolute Gasteiger partial charge is 0.329 e. The van der Waals surface area contributed by atoms with E-state index in [0.29, 0.717) is 49.2 Å². The van der Waals surface area contributed by atoms with Gasteiger partial charge in [-0.3, -0.25) is 9.59 Å². The summed E-state index contributed by atoms with van der Waals surface area (Å²) in [5.74, 6) is -0.236. The van der Waals surface area contributed by atoms with Crippen LogP contribution in [0.3, 0.4) is 0 Å². The van der Waals surface area contributed by atoms with Crippen LogP contribution in [-0.4, -0.2) is 28.5 Å². The van der Waals surface area contributed by atoms with E-state index in [2.05, 4.69) is 11.9 Å². The predicted molar refractivity (Wildman–Crippen MR) is 130 cm³/mol. The number of benzene rings is 2. The van der Waals surface area contributed by atoms with Gasteiger partial charge in [0.05, 0.1) is 0 Å². The van der Waals surface area contributed by atoms with Gasteiger partial charge in [0.1, 0.15) is 6.04 Å². The summed E-state index contributed by atoms with van der Waals surface area (Å²) >= 11 is 6.19. The average molecular weight is 472 g/mol. The molecule has 5 nitrogen and oxygen atoms in total. The van der Waals surface area contributed by atoms with Gasteiger partial charge in [-0.15, -0.1) is 12.4 Å². The summed E-state index contributed by atoms with van der Waals surface area (Å²) in [6, 6.07) is 11.3. The smallest absolute Gasteiger partial charge is 0.255 e. The zero-order valence-corrected chi connectivity index (χ0v) is 19.6. The van der Waals surface area contributed by atoms with Crippen molar-refractivity contribution in [1.82, 2.24) is 10.2 Å². The molecule has 0 bridgehead atoms. The van der Waals surface area contributed by atoms with E-state index >= 15 is 0 Å². The van der Waals surface area contributed by atoms with Crippen molar-refractivity contribution in [3.8, 4) is 0 Å². The zero-order chi connectivity index (χ0) is 22.1. The van der Waals surface area contributed by atoms with Gasteiger partial charge in [-0.05, 0) is 67.0 Å². The van der Waals surface area contributed by atoms with Crippen molar-refractivity contribution in [3.05, 3.63) is 81.5 Å². The maximum absolute atomic E-state index is 12.8. The van der Waals surface area contributed by atoms with Crippen LogP contribution in [0.5, 0.6) is 0 Å². The van der Waals surface area contributed by atoms with E-state index in [0.717, 1.165) is 33.7 Å². The molecule has 0 spiro atoms. The van der Waals surface area contributed by atoms with Crippen molar-refractivity contribution in [2.45, 2.75) is 51.6 Å². The molecular formula is C25H27Cl2N3O2. The average Bonchev–Trinajstić information content (AvgIpc) is 3.05. The molecule has 0 radical (unpaired) electrons. The standard InChI is InChI=1S/C25H26ClN3O2.ClH/c1-15-3-5-18(13-22(15)26)12-20(27)8-6-17-7-9-21-19(11-17)14-29(25(21)31)23-10-4-16(2)28-24(23)30;/h3,5,7,9,11,13,23,27H,2,4,6,8,10,12,14H2,1H3,(H,28,30);1H. The van der Waals surface area contributed by atoms with Gasteiger partial charge in [-0.25, -0.2) is 0 Å². The molecule has 1 saturated heterocycles. The first-order valence-electron chi connectivity index (χ1n) is 10.5. The number of aryl methyl sites for hydroxylation is 2. The summed E-state index contributed by atoms with van der Waals surface area (Å²) in [5, 5.41) is 11.8. The lowest BCUT2D eigenvalue weighted by Crippen LogP contribution is -2.49. The van der Waals surface area contributed by atoms with E-state index in [-0.39, 0.29) is 24.2 Å². The molecule has 0 aliphatic carbocycles. The number of piperidine rings is 1. The molecule has 2 N–H and O–H groups in total. The number of hydrogen-bond acceptors (Lipinski definition) is 3. The van der Waals surface area contributed by atoms with Gasteiger partial charge in [0.2, 0.25) is 5.91 Å². The lowest BCUT2D eigenvalue weighted by atomic mass is 9.99. The quantitative estimate of drug-likeness (QED) is 0.580. The number of nitrogens with zero attached hydrogens (tertiary/aromatic N) is 1. The summed E-state index contributed by atoms with van der Waals surface area (Å²) in [4.78, 5) is 26.8. The van der Waals surface area contributed by atoms with Gasteiger partial charge in [-0.2, -0.15) is 0 Å². The Morgan fingerprint density at radius 2 is 1.97 bits per heavy atom. The highest BCUT2D eigenvalue weighted by atomic mass is 35.5. The first-order chi connectivity index (χ1) is 14.8. The van der Waals surface area contributed by atoms with Crippen LogP contribution in [0.2, 0.25) is 5.02 Å². The van der Waals surface area contributed by atoms with Gasteiger partial charge < -0.3 is 15.6 Å².